The zero-order valence-electron chi connectivity index (χ0n) is 21.6. The van der Waals surface area contributed by atoms with Gasteiger partial charge in [0.2, 0.25) is 5.91 Å². The average Bonchev–Trinajstić information content (AvgIpc) is 2.95. The minimum atomic E-state index is -0.728. The first-order chi connectivity index (χ1) is 18.6. The number of hydrogen-bond donors (Lipinski definition) is 1. The highest BCUT2D eigenvalue weighted by Crippen LogP contribution is 2.26. The molecule has 0 heterocycles. The molecule has 0 aliphatic carbocycles. The van der Waals surface area contributed by atoms with Gasteiger partial charge in [-0.05, 0) is 35.1 Å². The summed E-state index contributed by atoms with van der Waals surface area (Å²) in [7, 11) is 0. The van der Waals surface area contributed by atoms with E-state index < -0.39 is 6.04 Å². The summed E-state index contributed by atoms with van der Waals surface area (Å²) >= 11 is 6.49. The van der Waals surface area contributed by atoms with Crippen molar-refractivity contribution >= 4 is 34.2 Å². The normalized spacial score (nSPS) is 11.6. The number of halogens is 1. The molecule has 0 saturated heterocycles. The van der Waals surface area contributed by atoms with Gasteiger partial charge in [-0.25, -0.2) is 0 Å². The SMILES string of the molecule is CCCCNC(=O)[C@@H](Cc1ccccc1)N(Cc1ccccc1Cl)C(=O)COc1cccc2ccccc12. The first-order valence-electron chi connectivity index (χ1n) is 13.0. The lowest BCUT2D eigenvalue weighted by molar-refractivity contribution is -0.142. The summed E-state index contributed by atoms with van der Waals surface area (Å²) in [5, 5.41) is 5.54. The van der Waals surface area contributed by atoms with Crippen molar-refractivity contribution in [1.82, 2.24) is 10.2 Å². The van der Waals surface area contributed by atoms with Crippen molar-refractivity contribution in [3.8, 4) is 5.75 Å². The van der Waals surface area contributed by atoms with Crippen LogP contribution >= 0.6 is 11.6 Å². The van der Waals surface area contributed by atoms with Crippen molar-refractivity contribution in [2.75, 3.05) is 13.2 Å². The summed E-state index contributed by atoms with van der Waals surface area (Å²) in [5.74, 6) is 0.151. The van der Waals surface area contributed by atoms with Gasteiger partial charge in [-0.3, -0.25) is 9.59 Å². The summed E-state index contributed by atoms with van der Waals surface area (Å²) < 4.78 is 6.05. The average molecular weight is 529 g/mol. The third-order valence-corrected chi connectivity index (χ3v) is 6.87. The monoisotopic (exact) mass is 528 g/mol. The molecule has 4 rings (SSSR count). The molecule has 38 heavy (non-hydrogen) atoms. The van der Waals surface area contributed by atoms with Gasteiger partial charge in [0, 0.05) is 29.9 Å². The molecule has 2 amide bonds. The molecule has 0 spiro atoms. The Kier molecular flexibility index (Phi) is 9.77. The summed E-state index contributed by atoms with van der Waals surface area (Å²) in [6.07, 6.45) is 2.21. The minimum Gasteiger partial charge on any atom is -0.483 e. The molecule has 0 fully saturated rings. The number of carbonyl (C=O) groups excluding carboxylic acids is 2. The summed E-state index contributed by atoms with van der Waals surface area (Å²) in [6.45, 7) is 2.62. The van der Waals surface area contributed by atoms with E-state index in [4.69, 9.17) is 16.3 Å². The third-order valence-electron chi connectivity index (χ3n) is 6.50. The van der Waals surface area contributed by atoms with E-state index in [1.165, 1.54) is 0 Å². The lowest BCUT2D eigenvalue weighted by atomic mass is 10.0. The number of rotatable bonds is 12. The van der Waals surface area contributed by atoms with Crippen LogP contribution in [0.4, 0.5) is 0 Å². The van der Waals surface area contributed by atoms with Crippen LogP contribution in [0.2, 0.25) is 5.02 Å². The summed E-state index contributed by atoms with van der Waals surface area (Å²) in [4.78, 5) is 28.9. The van der Waals surface area contributed by atoms with E-state index in [2.05, 4.69) is 12.2 Å². The topological polar surface area (TPSA) is 58.6 Å². The van der Waals surface area contributed by atoms with Crippen molar-refractivity contribution in [3.05, 3.63) is 113 Å². The predicted octanol–water partition coefficient (Wildman–Crippen LogP) is 6.43. The highest BCUT2D eigenvalue weighted by atomic mass is 35.5. The number of carbonyl (C=O) groups is 2. The predicted molar refractivity (Wildman–Crippen MR) is 153 cm³/mol. The van der Waals surface area contributed by atoms with Gasteiger partial charge in [-0.1, -0.05) is 110 Å². The van der Waals surface area contributed by atoms with Crippen LogP contribution in [0.5, 0.6) is 5.75 Å². The fourth-order valence-corrected chi connectivity index (χ4v) is 4.61. The van der Waals surface area contributed by atoms with Gasteiger partial charge in [0.15, 0.2) is 6.61 Å². The highest BCUT2D eigenvalue weighted by Gasteiger charge is 2.31. The van der Waals surface area contributed by atoms with E-state index in [1.54, 1.807) is 11.0 Å². The lowest BCUT2D eigenvalue weighted by Gasteiger charge is -2.31. The van der Waals surface area contributed by atoms with Crippen LogP contribution in [0.1, 0.15) is 30.9 Å². The molecule has 0 aliphatic rings. The molecule has 0 bridgehead atoms. The Bertz CT molecular complexity index is 1350. The largest absolute Gasteiger partial charge is 0.483 e. The van der Waals surface area contributed by atoms with E-state index in [-0.39, 0.29) is 25.0 Å². The van der Waals surface area contributed by atoms with Crippen LogP contribution in [-0.2, 0) is 22.6 Å². The number of benzene rings is 4. The first kappa shape index (κ1) is 27.2. The van der Waals surface area contributed by atoms with E-state index in [0.717, 1.165) is 34.7 Å². The Morgan fingerprint density at radius 2 is 1.61 bits per heavy atom. The van der Waals surface area contributed by atoms with E-state index in [9.17, 15) is 9.59 Å². The molecule has 5 nitrogen and oxygen atoms in total. The number of amides is 2. The second-order valence-electron chi connectivity index (χ2n) is 9.23. The smallest absolute Gasteiger partial charge is 0.261 e. The maximum absolute atomic E-state index is 13.8. The molecular weight excluding hydrogens is 496 g/mol. The number of nitrogens with one attached hydrogen (secondary N) is 1. The highest BCUT2D eigenvalue weighted by molar-refractivity contribution is 6.31. The van der Waals surface area contributed by atoms with Gasteiger partial charge >= 0.3 is 0 Å². The fraction of sp³-hybridized carbons (Fsp3) is 0.250. The zero-order chi connectivity index (χ0) is 26.7. The van der Waals surface area contributed by atoms with Crippen molar-refractivity contribution in [3.63, 3.8) is 0 Å². The molecule has 0 unspecified atom stereocenters. The van der Waals surface area contributed by atoms with Gasteiger partial charge in [0.1, 0.15) is 11.8 Å². The van der Waals surface area contributed by atoms with Crippen molar-refractivity contribution in [2.45, 2.75) is 38.8 Å². The molecule has 0 aromatic heterocycles. The van der Waals surface area contributed by atoms with E-state index in [1.807, 2.05) is 91.0 Å². The first-order valence-corrected chi connectivity index (χ1v) is 13.4. The Morgan fingerprint density at radius 1 is 0.895 bits per heavy atom. The number of fused-ring (bicyclic) bond motifs is 1. The molecule has 1 atom stereocenters. The molecule has 0 saturated carbocycles. The summed E-state index contributed by atoms with van der Waals surface area (Å²) in [6, 6.07) is 30.1. The molecule has 4 aromatic rings. The van der Waals surface area contributed by atoms with Gasteiger partial charge in [-0.15, -0.1) is 0 Å². The van der Waals surface area contributed by atoms with E-state index in [0.29, 0.717) is 23.7 Å². The molecule has 196 valence electrons. The number of ether oxygens (including phenoxy) is 1. The number of nitrogens with zero attached hydrogens (tertiary/aromatic N) is 1. The Labute approximate surface area is 229 Å². The van der Waals surface area contributed by atoms with Crippen LogP contribution < -0.4 is 10.1 Å². The van der Waals surface area contributed by atoms with Crippen molar-refractivity contribution in [1.29, 1.82) is 0 Å². The van der Waals surface area contributed by atoms with Gasteiger partial charge in [-0.2, -0.15) is 0 Å². The van der Waals surface area contributed by atoms with Gasteiger partial charge < -0.3 is 15.0 Å². The second-order valence-corrected chi connectivity index (χ2v) is 9.64. The van der Waals surface area contributed by atoms with Crippen molar-refractivity contribution in [2.24, 2.45) is 0 Å². The Balaban J connectivity index is 1.63. The number of hydrogen-bond acceptors (Lipinski definition) is 3. The molecule has 6 heteroatoms. The zero-order valence-corrected chi connectivity index (χ0v) is 22.4. The second kappa shape index (κ2) is 13.6. The van der Waals surface area contributed by atoms with Gasteiger partial charge in [0.05, 0.1) is 0 Å². The molecule has 0 radical (unpaired) electrons. The maximum atomic E-state index is 13.8. The van der Waals surface area contributed by atoms with Crippen molar-refractivity contribution < 1.29 is 14.3 Å². The molecule has 0 aliphatic heterocycles. The minimum absolute atomic E-state index is 0.187. The van der Waals surface area contributed by atoms with Crippen LogP contribution in [0.15, 0.2) is 97.1 Å². The number of unbranched alkanes of at least 4 members (excludes halogenated alkanes) is 1. The molecule has 4 aromatic carbocycles. The van der Waals surface area contributed by atoms with Gasteiger partial charge in [0.25, 0.3) is 5.91 Å². The Morgan fingerprint density at radius 3 is 2.39 bits per heavy atom. The van der Waals surface area contributed by atoms with Crippen LogP contribution in [0.25, 0.3) is 10.8 Å². The van der Waals surface area contributed by atoms with E-state index >= 15 is 0 Å². The molecular formula is C32H33ClN2O3. The van der Waals surface area contributed by atoms with Crippen LogP contribution in [0.3, 0.4) is 0 Å². The standard InChI is InChI=1S/C32H33ClN2O3/c1-2-3-20-34-32(37)29(21-24-12-5-4-6-13-24)35(22-26-15-8-10-18-28(26)33)31(36)23-38-30-19-11-16-25-14-7-9-17-27(25)30/h4-19,29H,2-3,20-23H2,1H3,(H,34,37)/t29-/m1/s1. The maximum Gasteiger partial charge on any atom is 0.261 e. The fourth-order valence-electron chi connectivity index (χ4n) is 4.41. The van der Waals surface area contributed by atoms with Crippen LogP contribution in [-0.4, -0.2) is 35.9 Å². The van der Waals surface area contributed by atoms with Crippen LogP contribution in [0, 0.1) is 0 Å². The summed E-state index contributed by atoms with van der Waals surface area (Å²) in [5.41, 5.74) is 1.74. The Hall–Kier alpha value is -3.83. The molecule has 1 N–H and O–H groups in total. The quantitative estimate of drug-likeness (QED) is 0.216. The third kappa shape index (κ3) is 7.14. The lowest BCUT2D eigenvalue weighted by Crippen LogP contribution is -2.51.